The number of hydrogen-bond acceptors (Lipinski definition) is 7. The molecule has 5 aromatic carbocycles. The number of pyridine rings is 1. The maximum atomic E-state index is 10.9. The topological polar surface area (TPSA) is 116 Å². The van der Waals surface area contributed by atoms with Crippen molar-refractivity contribution in [2.24, 2.45) is 0 Å². The van der Waals surface area contributed by atoms with E-state index in [1.54, 1.807) is 38.1 Å². The number of aromatic nitrogens is 3. The SMILES string of the molecule is CC(C)(O)C(C)(C)OBc1cc2c(-c3ccccc3)nc3ccccc3c2c2nc(-c3ccc(C#N)cc3)c(-c3ccc(C#N)cc3)nc12. The van der Waals surface area contributed by atoms with Gasteiger partial charge < -0.3 is 9.76 Å². The lowest BCUT2D eigenvalue weighted by atomic mass is 9.80. The molecule has 236 valence electrons. The van der Waals surface area contributed by atoms with Crippen molar-refractivity contribution in [2.45, 2.75) is 38.9 Å². The fourth-order valence-electron chi connectivity index (χ4n) is 5.87. The maximum Gasteiger partial charge on any atom is 0.311 e. The van der Waals surface area contributed by atoms with Gasteiger partial charge in [-0.05, 0) is 63.5 Å². The van der Waals surface area contributed by atoms with E-state index in [1.165, 1.54) is 0 Å². The van der Waals surface area contributed by atoms with Gasteiger partial charge in [0.2, 0.25) is 0 Å². The van der Waals surface area contributed by atoms with Crippen molar-refractivity contribution in [2.75, 3.05) is 0 Å². The molecule has 7 rings (SSSR count). The average Bonchev–Trinajstić information content (AvgIpc) is 3.12. The Labute approximate surface area is 285 Å². The van der Waals surface area contributed by atoms with Gasteiger partial charge in [0.25, 0.3) is 0 Å². The summed E-state index contributed by atoms with van der Waals surface area (Å²) in [6, 6.07) is 39.3. The summed E-state index contributed by atoms with van der Waals surface area (Å²) in [5, 5.41) is 32.7. The number of aliphatic hydroxyl groups is 1. The Balaban J connectivity index is 1.62. The van der Waals surface area contributed by atoms with Gasteiger partial charge in [-0.1, -0.05) is 78.9 Å². The van der Waals surface area contributed by atoms with E-state index in [-0.39, 0.29) is 7.48 Å². The van der Waals surface area contributed by atoms with Gasteiger partial charge in [0.15, 0.2) is 0 Å². The van der Waals surface area contributed by atoms with Crippen LogP contribution in [0.15, 0.2) is 109 Å². The minimum atomic E-state index is -1.12. The third kappa shape index (κ3) is 5.79. The summed E-state index contributed by atoms with van der Waals surface area (Å²) in [5.41, 5.74) is 6.70. The lowest BCUT2D eigenvalue weighted by molar-refractivity contribution is -0.0893. The van der Waals surface area contributed by atoms with E-state index < -0.39 is 11.2 Å². The van der Waals surface area contributed by atoms with E-state index in [1.807, 2.05) is 74.5 Å². The standard InChI is InChI=1S/C41H32BN5O2/c1-40(2,48)41(3,4)49-42-32-22-31-34(30-12-8-9-13-33(30)45-35(31)27-10-6-5-7-11-27)39-38(32)46-36(28-18-14-25(23-43)15-19-28)37(47-39)29-20-16-26(24-44)17-21-29/h5-22,42,48H,1-4H3. The number of rotatable bonds is 7. The Hall–Kier alpha value is -5.93. The highest BCUT2D eigenvalue weighted by atomic mass is 16.5. The minimum Gasteiger partial charge on any atom is -0.427 e. The fourth-order valence-corrected chi connectivity index (χ4v) is 5.87. The van der Waals surface area contributed by atoms with E-state index in [9.17, 15) is 15.6 Å². The molecular weight excluding hydrogens is 605 g/mol. The van der Waals surface area contributed by atoms with Gasteiger partial charge in [-0.25, -0.2) is 15.0 Å². The molecule has 7 aromatic rings. The summed E-state index contributed by atoms with van der Waals surface area (Å²) in [4.78, 5) is 16.0. The largest absolute Gasteiger partial charge is 0.427 e. The Morgan fingerprint density at radius 3 is 1.71 bits per heavy atom. The highest BCUT2D eigenvalue weighted by Gasteiger charge is 2.36. The van der Waals surface area contributed by atoms with Crippen molar-refractivity contribution >= 4 is 45.7 Å². The van der Waals surface area contributed by atoms with E-state index in [0.717, 1.165) is 49.5 Å². The molecule has 0 saturated carbocycles. The maximum absolute atomic E-state index is 10.9. The van der Waals surface area contributed by atoms with E-state index in [0.29, 0.717) is 33.5 Å². The smallest absolute Gasteiger partial charge is 0.311 e. The molecule has 0 saturated heterocycles. The molecule has 8 heteroatoms. The first-order valence-electron chi connectivity index (χ1n) is 16.1. The highest BCUT2D eigenvalue weighted by molar-refractivity contribution is 6.52. The van der Waals surface area contributed by atoms with Crippen LogP contribution in [0, 0.1) is 22.7 Å². The molecule has 0 aliphatic carbocycles. The second-order valence-corrected chi connectivity index (χ2v) is 13.2. The Bertz CT molecular complexity index is 2460. The number of benzene rings is 5. The predicted octanol–water partition coefficient (Wildman–Crippen LogP) is 7.62. The van der Waals surface area contributed by atoms with Crippen molar-refractivity contribution in [3.05, 3.63) is 120 Å². The summed E-state index contributed by atoms with van der Waals surface area (Å²) < 4.78 is 6.48. The van der Waals surface area contributed by atoms with Crippen LogP contribution in [-0.4, -0.2) is 38.7 Å². The van der Waals surface area contributed by atoms with Crippen LogP contribution < -0.4 is 5.46 Å². The summed E-state index contributed by atoms with van der Waals surface area (Å²) in [5.74, 6) is 0. The Morgan fingerprint density at radius 2 is 1.14 bits per heavy atom. The van der Waals surface area contributed by atoms with Crippen LogP contribution in [0.5, 0.6) is 0 Å². The first-order valence-corrected chi connectivity index (χ1v) is 16.1. The molecule has 0 radical (unpaired) electrons. The van der Waals surface area contributed by atoms with Gasteiger partial charge in [-0.15, -0.1) is 0 Å². The van der Waals surface area contributed by atoms with Crippen LogP contribution in [0.4, 0.5) is 0 Å². The molecule has 0 spiro atoms. The normalized spacial score (nSPS) is 11.8. The van der Waals surface area contributed by atoms with E-state index >= 15 is 0 Å². The second kappa shape index (κ2) is 12.3. The molecule has 7 nitrogen and oxygen atoms in total. The van der Waals surface area contributed by atoms with Crippen molar-refractivity contribution < 1.29 is 9.76 Å². The predicted molar refractivity (Wildman–Crippen MR) is 196 cm³/mol. The number of para-hydroxylation sites is 1. The number of nitriles is 2. The van der Waals surface area contributed by atoms with Gasteiger partial charge in [0.1, 0.15) is 0 Å². The van der Waals surface area contributed by atoms with Crippen LogP contribution >= 0.6 is 0 Å². The molecular formula is C41H32BN5O2. The summed E-state index contributed by atoms with van der Waals surface area (Å²) >= 11 is 0. The zero-order valence-corrected chi connectivity index (χ0v) is 27.7. The first kappa shape index (κ1) is 31.7. The highest BCUT2D eigenvalue weighted by Crippen LogP contribution is 2.38. The summed E-state index contributed by atoms with van der Waals surface area (Å²) in [6.45, 7) is 7.22. The van der Waals surface area contributed by atoms with Crippen LogP contribution in [0.1, 0.15) is 38.8 Å². The molecule has 0 unspecified atom stereocenters. The molecule has 0 bridgehead atoms. The minimum absolute atomic E-state index is 0.155. The molecule has 0 amide bonds. The van der Waals surface area contributed by atoms with Crippen LogP contribution in [0.25, 0.3) is 66.5 Å². The molecule has 2 heterocycles. The van der Waals surface area contributed by atoms with Crippen LogP contribution in [0.2, 0.25) is 0 Å². The molecule has 0 aliphatic heterocycles. The van der Waals surface area contributed by atoms with E-state index in [2.05, 4.69) is 36.4 Å². The molecule has 0 fully saturated rings. The second-order valence-electron chi connectivity index (χ2n) is 13.2. The monoisotopic (exact) mass is 637 g/mol. The average molecular weight is 638 g/mol. The molecule has 1 N–H and O–H groups in total. The Kier molecular flexibility index (Phi) is 7.93. The van der Waals surface area contributed by atoms with E-state index in [4.69, 9.17) is 19.6 Å². The first-order chi connectivity index (χ1) is 23.6. The fraction of sp³-hybridized carbons (Fsp3) is 0.146. The molecule has 49 heavy (non-hydrogen) atoms. The third-order valence-electron chi connectivity index (χ3n) is 9.37. The van der Waals surface area contributed by atoms with Crippen molar-refractivity contribution in [1.29, 1.82) is 10.5 Å². The lowest BCUT2D eigenvalue weighted by Crippen LogP contribution is -2.49. The Morgan fingerprint density at radius 1 is 0.612 bits per heavy atom. The zero-order valence-electron chi connectivity index (χ0n) is 27.7. The van der Waals surface area contributed by atoms with Crippen molar-refractivity contribution in [1.82, 2.24) is 15.0 Å². The summed E-state index contributed by atoms with van der Waals surface area (Å²) in [6.07, 6.45) is 0. The van der Waals surface area contributed by atoms with Gasteiger partial charge in [0.05, 0.1) is 68.1 Å². The molecule has 0 atom stereocenters. The molecule has 2 aromatic heterocycles. The van der Waals surface area contributed by atoms with Gasteiger partial charge >= 0.3 is 7.48 Å². The zero-order chi connectivity index (χ0) is 34.3. The number of nitrogens with zero attached hydrogens (tertiary/aromatic N) is 5. The van der Waals surface area contributed by atoms with Gasteiger partial charge in [0, 0.05) is 32.8 Å². The quantitative estimate of drug-likeness (QED) is 0.141. The number of hydrogen-bond donors (Lipinski definition) is 1. The van der Waals surface area contributed by atoms with Gasteiger partial charge in [-0.2, -0.15) is 10.5 Å². The van der Waals surface area contributed by atoms with Crippen LogP contribution in [0.3, 0.4) is 0 Å². The van der Waals surface area contributed by atoms with Gasteiger partial charge in [-0.3, -0.25) is 0 Å². The van der Waals surface area contributed by atoms with Crippen LogP contribution in [-0.2, 0) is 4.65 Å². The van der Waals surface area contributed by atoms with Crippen molar-refractivity contribution in [3.8, 4) is 45.9 Å². The summed E-state index contributed by atoms with van der Waals surface area (Å²) in [7, 11) is 0.155. The molecule has 0 aliphatic rings. The number of fused-ring (bicyclic) bond motifs is 5. The third-order valence-corrected chi connectivity index (χ3v) is 9.37. The van der Waals surface area contributed by atoms with Crippen molar-refractivity contribution in [3.63, 3.8) is 0 Å². The lowest BCUT2D eigenvalue weighted by Gasteiger charge is -2.37.